The molecular formula is C12H13BrN2O2. The number of rotatable bonds is 2. The first kappa shape index (κ1) is 12.2. The van der Waals surface area contributed by atoms with Gasteiger partial charge in [-0.3, -0.25) is 4.90 Å². The quantitative estimate of drug-likeness (QED) is 0.840. The third kappa shape index (κ3) is 2.38. The van der Waals surface area contributed by atoms with Crippen LogP contribution in [0.2, 0.25) is 0 Å². The predicted octanol–water partition coefficient (Wildman–Crippen LogP) is 2.35. The molecule has 1 unspecified atom stereocenters. The van der Waals surface area contributed by atoms with Crippen LogP contribution in [0.5, 0.6) is 11.5 Å². The van der Waals surface area contributed by atoms with E-state index in [1.54, 1.807) is 0 Å². The lowest BCUT2D eigenvalue weighted by atomic mass is 10.1. The van der Waals surface area contributed by atoms with Crippen LogP contribution in [0.25, 0.3) is 0 Å². The molecule has 17 heavy (non-hydrogen) atoms. The highest BCUT2D eigenvalue weighted by Crippen LogP contribution is 2.40. The zero-order chi connectivity index (χ0) is 12.4. The van der Waals surface area contributed by atoms with E-state index >= 15 is 0 Å². The van der Waals surface area contributed by atoms with Crippen LogP contribution in [0.4, 0.5) is 0 Å². The molecule has 0 spiro atoms. The van der Waals surface area contributed by atoms with Crippen molar-refractivity contribution < 1.29 is 9.47 Å². The molecular weight excluding hydrogens is 284 g/mol. The number of nitriles is 1. The highest BCUT2D eigenvalue weighted by molar-refractivity contribution is 9.10. The van der Waals surface area contributed by atoms with Gasteiger partial charge < -0.3 is 9.47 Å². The van der Waals surface area contributed by atoms with Gasteiger partial charge in [-0.1, -0.05) is 0 Å². The second-order valence-electron chi connectivity index (χ2n) is 4.02. The minimum absolute atomic E-state index is 0.290. The minimum atomic E-state index is -0.290. The number of halogens is 1. The molecule has 0 saturated heterocycles. The average Bonchev–Trinajstić information content (AvgIpc) is 2.29. The predicted molar refractivity (Wildman–Crippen MR) is 67.2 cm³/mol. The molecule has 0 aliphatic carbocycles. The Balaban J connectivity index is 2.44. The lowest BCUT2D eigenvalue weighted by Crippen LogP contribution is -2.20. The monoisotopic (exact) mass is 296 g/mol. The van der Waals surface area contributed by atoms with Crippen LogP contribution in [-0.2, 0) is 0 Å². The zero-order valence-corrected chi connectivity index (χ0v) is 11.3. The van der Waals surface area contributed by atoms with Crippen molar-refractivity contribution in [1.29, 1.82) is 5.26 Å². The van der Waals surface area contributed by atoms with Gasteiger partial charge in [-0.2, -0.15) is 5.26 Å². The number of benzene rings is 1. The molecule has 0 saturated carbocycles. The van der Waals surface area contributed by atoms with Crippen molar-refractivity contribution in [3.63, 3.8) is 0 Å². The maximum atomic E-state index is 9.17. The second kappa shape index (κ2) is 4.94. The zero-order valence-electron chi connectivity index (χ0n) is 9.74. The van der Waals surface area contributed by atoms with Crippen molar-refractivity contribution >= 4 is 15.9 Å². The first-order chi connectivity index (χ1) is 8.13. The van der Waals surface area contributed by atoms with Crippen LogP contribution in [0.1, 0.15) is 11.6 Å². The summed E-state index contributed by atoms with van der Waals surface area (Å²) in [4.78, 5) is 1.86. The highest BCUT2D eigenvalue weighted by atomic mass is 79.9. The van der Waals surface area contributed by atoms with Gasteiger partial charge >= 0.3 is 0 Å². The fourth-order valence-corrected chi connectivity index (χ4v) is 2.35. The number of ether oxygens (including phenoxy) is 2. The van der Waals surface area contributed by atoms with Crippen molar-refractivity contribution in [1.82, 2.24) is 4.90 Å². The van der Waals surface area contributed by atoms with Gasteiger partial charge in [-0.25, -0.2) is 0 Å². The first-order valence-corrected chi connectivity index (χ1v) is 6.08. The largest absolute Gasteiger partial charge is 0.486 e. The Kier molecular flexibility index (Phi) is 3.55. The van der Waals surface area contributed by atoms with Crippen molar-refractivity contribution in [2.24, 2.45) is 0 Å². The molecule has 0 aromatic heterocycles. The Morgan fingerprint density at radius 2 is 2.06 bits per heavy atom. The summed E-state index contributed by atoms with van der Waals surface area (Å²) in [6.45, 7) is 1.10. The number of hydrogen-bond acceptors (Lipinski definition) is 4. The van der Waals surface area contributed by atoms with E-state index in [0.717, 1.165) is 15.8 Å². The fourth-order valence-electron chi connectivity index (χ4n) is 1.78. The molecule has 1 aromatic rings. The highest BCUT2D eigenvalue weighted by Gasteiger charge is 2.21. The van der Waals surface area contributed by atoms with Gasteiger partial charge in [0.05, 0.1) is 10.5 Å². The summed E-state index contributed by atoms with van der Waals surface area (Å²) < 4.78 is 11.9. The molecule has 1 aliphatic heterocycles. The van der Waals surface area contributed by atoms with E-state index < -0.39 is 0 Å². The average molecular weight is 297 g/mol. The molecule has 1 heterocycles. The van der Waals surface area contributed by atoms with Crippen molar-refractivity contribution in [3.05, 3.63) is 22.2 Å². The molecule has 0 fully saturated rings. The smallest absolute Gasteiger partial charge is 0.175 e. The van der Waals surface area contributed by atoms with E-state index in [4.69, 9.17) is 14.7 Å². The third-order valence-electron chi connectivity index (χ3n) is 2.57. The van der Waals surface area contributed by atoms with Crippen LogP contribution < -0.4 is 9.47 Å². The Bertz CT molecular complexity index is 468. The van der Waals surface area contributed by atoms with E-state index in [0.29, 0.717) is 19.0 Å². The normalized spacial score (nSPS) is 15.5. The summed E-state index contributed by atoms with van der Waals surface area (Å²) in [7, 11) is 3.75. The van der Waals surface area contributed by atoms with Crippen molar-refractivity contribution in [3.8, 4) is 17.6 Å². The van der Waals surface area contributed by atoms with Gasteiger partial charge in [0.25, 0.3) is 0 Å². The van der Waals surface area contributed by atoms with E-state index in [1.165, 1.54) is 0 Å². The molecule has 5 heteroatoms. The lowest BCUT2D eigenvalue weighted by Gasteiger charge is -2.23. The molecule has 90 valence electrons. The molecule has 2 rings (SSSR count). The van der Waals surface area contributed by atoms with Gasteiger partial charge in [0, 0.05) is 0 Å². The van der Waals surface area contributed by atoms with Crippen LogP contribution in [0.3, 0.4) is 0 Å². The third-order valence-corrected chi connectivity index (χ3v) is 3.16. The summed E-state index contributed by atoms with van der Waals surface area (Å²) >= 11 is 3.45. The Morgan fingerprint density at radius 3 is 2.71 bits per heavy atom. The van der Waals surface area contributed by atoms with Gasteiger partial charge in [0.15, 0.2) is 11.5 Å². The first-order valence-electron chi connectivity index (χ1n) is 5.28. The topological polar surface area (TPSA) is 45.5 Å². The lowest BCUT2D eigenvalue weighted by molar-refractivity contribution is 0.170. The maximum absolute atomic E-state index is 9.17. The number of fused-ring (bicyclic) bond motifs is 1. The molecule has 4 nitrogen and oxygen atoms in total. The fraction of sp³-hybridized carbons (Fsp3) is 0.417. The van der Waals surface area contributed by atoms with E-state index in [-0.39, 0.29) is 6.04 Å². The molecule has 0 bridgehead atoms. The maximum Gasteiger partial charge on any atom is 0.175 e. The SMILES string of the molecule is CN(C)C(C#N)c1cc(Br)c2c(c1)OCCO2. The number of hydrogen-bond donors (Lipinski definition) is 0. The Morgan fingerprint density at radius 1 is 1.35 bits per heavy atom. The molecule has 1 aromatic carbocycles. The summed E-state index contributed by atoms with van der Waals surface area (Å²) in [6, 6.07) is 5.74. The van der Waals surface area contributed by atoms with Gasteiger partial charge in [-0.05, 0) is 47.7 Å². The minimum Gasteiger partial charge on any atom is -0.486 e. The molecule has 0 N–H and O–H groups in total. The molecule has 1 atom stereocenters. The summed E-state index contributed by atoms with van der Waals surface area (Å²) in [5.74, 6) is 1.41. The van der Waals surface area contributed by atoms with Gasteiger partial charge in [0.1, 0.15) is 19.3 Å². The van der Waals surface area contributed by atoms with Crippen LogP contribution in [0.15, 0.2) is 16.6 Å². The Hall–Kier alpha value is -1.25. The van der Waals surface area contributed by atoms with E-state index in [1.807, 2.05) is 31.1 Å². The van der Waals surface area contributed by atoms with Crippen LogP contribution in [-0.4, -0.2) is 32.2 Å². The summed E-state index contributed by atoms with van der Waals surface area (Å²) in [6.07, 6.45) is 0. The second-order valence-corrected chi connectivity index (χ2v) is 4.88. The summed E-state index contributed by atoms with van der Waals surface area (Å²) in [5, 5.41) is 9.17. The van der Waals surface area contributed by atoms with Gasteiger partial charge in [-0.15, -0.1) is 0 Å². The standard InChI is InChI=1S/C12H13BrN2O2/c1-15(2)10(7-14)8-5-9(13)12-11(6-8)16-3-4-17-12/h5-6,10H,3-4H2,1-2H3. The van der Waals surface area contributed by atoms with E-state index in [9.17, 15) is 0 Å². The van der Waals surface area contributed by atoms with Crippen molar-refractivity contribution in [2.45, 2.75) is 6.04 Å². The number of nitrogens with zero attached hydrogens (tertiary/aromatic N) is 2. The molecule has 0 amide bonds. The summed E-state index contributed by atoms with van der Waals surface area (Å²) in [5.41, 5.74) is 0.897. The Labute approximate surface area is 109 Å². The van der Waals surface area contributed by atoms with Crippen LogP contribution >= 0.6 is 15.9 Å². The molecule has 0 radical (unpaired) electrons. The van der Waals surface area contributed by atoms with Crippen LogP contribution in [0, 0.1) is 11.3 Å². The van der Waals surface area contributed by atoms with E-state index in [2.05, 4.69) is 22.0 Å². The van der Waals surface area contributed by atoms with Crippen molar-refractivity contribution in [2.75, 3.05) is 27.3 Å². The molecule has 1 aliphatic rings. The van der Waals surface area contributed by atoms with Gasteiger partial charge in [0.2, 0.25) is 0 Å².